The molecule has 0 aromatic carbocycles. The van der Waals surface area contributed by atoms with E-state index in [0.29, 0.717) is 5.69 Å². The van der Waals surface area contributed by atoms with Crippen molar-refractivity contribution in [2.75, 3.05) is 0 Å². The van der Waals surface area contributed by atoms with Crippen LogP contribution in [0.5, 0.6) is 0 Å². The predicted molar refractivity (Wildman–Crippen MR) is 68.7 cm³/mol. The number of carbonyl (C=O) groups is 1. The Hall–Kier alpha value is -1.08. The molecule has 0 aliphatic heterocycles. The molecule has 1 amide bonds. The maximum Gasteiger partial charge on any atom is 0.273 e. The van der Waals surface area contributed by atoms with Crippen molar-refractivity contribution in [1.29, 1.82) is 0 Å². The maximum atomic E-state index is 12.1. The second kappa shape index (κ2) is 3.96. The molecule has 0 saturated heterocycles. The summed E-state index contributed by atoms with van der Waals surface area (Å²) < 4.78 is 23.4. The number of halogens is 1. The number of amides is 1. The number of nitrogens with one attached hydrogen (secondary N) is 2. The van der Waals surface area contributed by atoms with Gasteiger partial charge in [-0.25, -0.2) is 8.42 Å². The SMILES string of the molecule is CC1(NC(=O)c2n[nH]c(C3CC3)c2S(=O)(=O)Cl)CC1. The van der Waals surface area contributed by atoms with Gasteiger partial charge >= 0.3 is 0 Å². The smallest absolute Gasteiger partial charge is 0.273 e. The van der Waals surface area contributed by atoms with E-state index in [2.05, 4.69) is 15.5 Å². The highest BCUT2D eigenvalue weighted by Crippen LogP contribution is 2.43. The van der Waals surface area contributed by atoms with Crippen LogP contribution in [0.2, 0.25) is 0 Å². The van der Waals surface area contributed by atoms with E-state index in [-0.39, 0.29) is 22.0 Å². The summed E-state index contributed by atoms with van der Waals surface area (Å²) in [6, 6.07) is 0. The summed E-state index contributed by atoms with van der Waals surface area (Å²) in [6.07, 6.45) is 3.56. The van der Waals surface area contributed by atoms with Gasteiger partial charge in [0.15, 0.2) is 5.69 Å². The quantitative estimate of drug-likeness (QED) is 0.824. The summed E-state index contributed by atoms with van der Waals surface area (Å²) in [5.74, 6) is -0.364. The van der Waals surface area contributed by atoms with Crippen molar-refractivity contribution in [3.63, 3.8) is 0 Å². The number of aromatic nitrogens is 2. The first-order valence-corrected chi connectivity index (χ1v) is 8.46. The first-order chi connectivity index (χ1) is 8.80. The Morgan fingerprint density at radius 1 is 1.47 bits per heavy atom. The van der Waals surface area contributed by atoms with Crippen LogP contribution in [0.25, 0.3) is 0 Å². The standard InChI is InChI=1S/C11H14ClN3O3S/c1-11(4-5-11)13-10(16)8-9(19(12,17)18)7(14-15-8)6-2-3-6/h6H,2-5H2,1H3,(H,13,16)(H,14,15). The molecule has 1 heterocycles. The Balaban J connectivity index is 1.98. The molecule has 0 radical (unpaired) electrons. The van der Waals surface area contributed by atoms with Gasteiger partial charge in [0.05, 0.1) is 5.69 Å². The molecule has 1 aromatic heterocycles. The molecule has 3 rings (SSSR count). The lowest BCUT2D eigenvalue weighted by Gasteiger charge is -2.10. The lowest BCUT2D eigenvalue weighted by molar-refractivity contribution is 0.0927. The fraction of sp³-hybridized carbons (Fsp3) is 0.636. The zero-order valence-electron chi connectivity index (χ0n) is 10.4. The van der Waals surface area contributed by atoms with Crippen molar-refractivity contribution in [2.24, 2.45) is 0 Å². The third-order valence-electron chi connectivity index (χ3n) is 3.61. The third kappa shape index (κ3) is 2.49. The number of hydrogen-bond acceptors (Lipinski definition) is 4. The van der Waals surface area contributed by atoms with Crippen molar-refractivity contribution in [3.8, 4) is 0 Å². The Kier molecular flexibility index (Phi) is 2.69. The molecule has 1 aromatic rings. The molecule has 2 aliphatic carbocycles. The molecule has 2 saturated carbocycles. The molecule has 8 heteroatoms. The highest BCUT2D eigenvalue weighted by Gasteiger charge is 2.42. The Labute approximate surface area is 115 Å². The van der Waals surface area contributed by atoms with E-state index in [9.17, 15) is 13.2 Å². The van der Waals surface area contributed by atoms with Crippen LogP contribution in [0, 0.1) is 0 Å². The first-order valence-electron chi connectivity index (χ1n) is 6.16. The van der Waals surface area contributed by atoms with E-state index < -0.39 is 15.0 Å². The van der Waals surface area contributed by atoms with Crippen molar-refractivity contribution in [1.82, 2.24) is 15.5 Å². The average molecular weight is 304 g/mol. The third-order valence-corrected chi connectivity index (χ3v) is 4.97. The molecule has 19 heavy (non-hydrogen) atoms. The largest absolute Gasteiger partial charge is 0.345 e. The summed E-state index contributed by atoms with van der Waals surface area (Å²) in [6.45, 7) is 1.91. The molecule has 0 spiro atoms. The van der Waals surface area contributed by atoms with Gasteiger partial charge in [-0.3, -0.25) is 9.89 Å². The molecule has 2 aliphatic rings. The van der Waals surface area contributed by atoms with Gasteiger partial charge in [-0.1, -0.05) is 0 Å². The van der Waals surface area contributed by atoms with E-state index in [1.54, 1.807) is 0 Å². The number of H-pyrrole nitrogens is 1. The van der Waals surface area contributed by atoms with Gasteiger partial charge in [0.25, 0.3) is 15.0 Å². The van der Waals surface area contributed by atoms with E-state index in [1.165, 1.54) is 0 Å². The Morgan fingerprint density at radius 3 is 2.58 bits per heavy atom. The molecule has 0 bridgehead atoms. The molecule has 104 valence electrons. The highest BCUT2D eigenvalue weighted by molar-refractivity contribution is 8.13. The van der Waals surface area contributed by atoms with Crippen LogP contribution in [-0.2, 0) is 9.05 Å². The highest BCUT2D eigenvalue weighted by atomic mass is 35.7. The van der Waals surface area contributed by atoms with E-state index in [0.717, 1.165) is 25.7 Å². The van der Waals surface area contributed by atoms with Crippen LogP contribution < -0.4 is 5.32 Å². The van der Waals surface area contributed by atoms with Gasteiger partial charge in [-0.05, 0) is 32.6 Å². The van der Waals surface area contributed by atoms with Crippen LogP contribution in [0.4, 0.5) is 0 Å². The van der Waals surface area contributed by atoms with E-state index in [4.69, 9.17) is 10.7 Å². The topological polar surface area (TPSA) is 91.9 Å². The fourth-order valence-electron chi connectivity index (χ4n) is 2.04. The summed E-state index contributed by atoms with van der Waals surface area (Å²) in [4.78, 5) is 12.0. The minimum atomic E-state index is -3.99. The van der Waals surface area contributed by atoms with Crippen LogP contribution in [-0.4, -0.2) is 30.1 Å². The molecular formula is C11H14ClN3O3S. The van der Waals surface area contributed by atoms with Gasteiger partial charge in [0.2, 0.25) is 0 Å². The number of rotatable bonds is 4. The van der Waals surface area contributed by atoms with Crippen molar-refractivity contribution >= 4 is 25.6 Å². The second-order valence-electron chi connectivity index (χ2n) is 5.54. The van der Waals surface area contributed by atoms with Crippen LogP contribution >= 0.6 is 10.7 Å². The fourth-order valence-corrected chi connectivity index (χ4v) is 3.35. The zero-order valence-corrected chi connectivity index (χ0v) is 11.9. The minimum Gasteiger partial charge on any atom is -0.345 e. The molecule has 6 nitrogen and oxygen atoms in total. The molecule has 0 unspecified atom stereocenters. The van der Waals surface area contributed by atoms with Crippen molar-refractivity contribution < 1.29 is 13.2 Å². The van der Waals surface area contributed by atoms with Gasteiger partial charge < -0.3 is 5.32 Å². The summed E-state index contributed by atoms with van der Waals surface area (Å²) >= 11 is 0. The number of hydrogen-bond donors (Lipinski definition) is 2. The summed E-state index contributed by atoms with van der Waals surface area (Å²) in [5, 5.41) is 9.30. The average Bonchev–Trinajstić information content (AvgIpc) is 3.19. The molecule has 2 fully saturated rings. The maximum absolute atomic E-state index is 12.1. The first kappa shape index (κ1) is 12.9. The van der Waals surface area contributed by atoms with E-state index >= 15 is 0 Å². The van der Waals surface area contributed by atoms with Gasteiger partial charge in [-0.2, -0.15) is 5.10 Å². The van der Waals surface area contributed by atoms with Crippen LogP contribution in [0.15, 0.2) is 4.90 Å². The number of carbonyl (C=O) groups excluding carboxylic acids is 1. The molecule has 2 N–H and O–H groups in total. The summed E-state index contributed by atoms with van der Waals surface area (Å²) in [7, 11) is 1.46. The van der Waals surface area contributed by atoms with E-state index in [1.807, 2.05) is 6.92 Å². The zero-order chi connectivity index (χ0) is 13.8. The van der Waals surface area contributed by atoms with Gasteiger partial charge in [-0.15, -0.1) is 0 Å². The lowest BCUT2D eigenvalue weighted by atomic mass is 10.2. The number of nitrogens with zero attached hydrogens (tertiary/aromatic N) is 1. The second-order valence-corrected chi connectivity index (χ2v) is 8.04. The van der Waals surface area contributed by atoms with Crippen molar-refractivity contribution in [3.05, 3.63) is 11.4 Å². The Bertz CT molecular complexity index is 644. The number of aromatic amines is 1. The van der Waals surface area contributed by atoms with Crippen LogP contribution in [0.1, 0.15) is 54.7 Å². The van der Waals surface area contributed by atoms with Crippen molar-refractivity contribution in [2.45, 2.75) is 49.0 Å². The minimum absolute atomic E-state index is 0.120. The normalized spacial score (nSPS) is 21.2. The molecular weight excluding hydrogens is 290 g/mol. The van der Waals surface area contributed by atoms with Crippen LogP contribution in [0.3, 0.4) is 0 Å². The van der Waals surface area contributed by atoms with Gasteiger partial charge in [0, 0.05) is 22.1 Å². The Morgan fingerprint density at radius 2 is 2.11 bits per heavy atom. The molecule has 0 atom stereocenters. The van der Waals surface area contributed by atoms with Gasteiger partial charge in [0.1, 0.15) is 4.90 Å². The lowest BCUT2D eigenvalue weighted by Crippen LogP contribution is -2.35. The summed E-state index contributed by atoms with van der Waals surface area (Å²) in [5.41, 5.74) is 0.106. The monoisotopic (exact) mass is 303 g/mol. The predicted octanol–water partition coefficient (Wildman–Crippen LogP) is 1.50.